The number of hydrogen-bond acceptors (Lipinski definition) is 6. The lowest BCUT2D eigenvalue weighted by atomic mass is 10.1. The predicted molar refractivity (Wildman–Crippen MR) is 348 cm³/mol. The van der Waals surface area contributed by atoms with Crippen LogP contribution >= 0.6 is 0 Å². The predicted octanol–water partition coefficient (Wildman–Crippen LogP) is 22.9. The van der Waals surface area contributed by atoms with Crippen LogP contribution in [0.2, 0.25) is 0 Å². The second kappa shape index (κ2) is 67.1. The average Bonchev–Trinajstić information content (AvgIpc) is 3.46. The van der Waals surface area contributed by atoms with E-state index in [1.165, 1.54) is 116 Å². The van der Waals surface area contributed by atoms with Crippen molar-refractivity contribution in [3.05, 3.63) is 134 Å². The van der Waals surface area contributed by atoms with E-state index in [9.17, 15) is 14.4 Å². The van der Waals surface area contributed by atoms with E-state index in [0.717, 1.165) is 141 Å². The normalized spacial score (nSPS) is 13.0. The molecular formula is C74H122O6. The fourth-order valence-corrected chi connectivity index (χ4v) is 8.89. The molecule has 0 rings (SSSR count). The van der Waals surface area contributed by atoms with Crippen LogP contribution in [0.3, 0.4) is 0 Å². The molecule has 0 aromatic carbocycles. The Hall–Kier alpha value is -4.45. The largest absolute Gasteiger partial charge is 0.462 e. The van der Waals surface area contributed by atoms with Crippen molar-refractivity contribution in [2.45, 2.75) is 303 Å². The second-order valence-electron chi connectivity index (χ2n) is 21.6. The summed E-state index contributed by atoms with van der Waals surface area (Å²) in [6, 6.07) is 0. The van der Waals surface area contributed by atoms with Crippen molar-refractivity contribution in [3.8, 4) is 0 Å². The Morgan fingerprint density at radius 3 is 0.800 bits per heavy atom. The number of ether oxygens (including phenoxy) is 3. The molecular weight excluding hydrogens is 985 g/mol. The molecule has 0 radical (unpaired) electrons. The maximum absolute atomic E-state index is 12.9. The molecule has 1 unspecified atom stereocenters. The van der Waals surface area contributed by atoms with E-state index in [2.05, 4.69) is 154 Å². The highest BCUT2D eigenvalue weighted by Gasteiger charge is 2.19. The van der Waals surface area contributed by atoms with Crippen LogP contribution in [-0.2, 0) is 28.6 Å². The van der Waals surface area contributed by atoms with Gasteiger partial charge in [-0.1, -0.05) is 270 Å². The van der Waals surface area contributed by atoms with Gasteiger partial charge >= 0.3 is 17.9 Å². The quantitative estimate of drug-likeness (QED) is 0.0261. The lowest BCUT2D eigenvalue weighted by Crippen LogP contribution is -2.30. The Kier molecular flexibility index (Phi) is 63.3. The molecule has 0 N–H and O–H groups in total. The Morgan fingerprint density at radius 2 is 0.487 bits per heavy atom. The fourth-order valence-electron chi connectivity index (χ4n) is 8.89. The summed E-state index contributed by atoms with van der Waals surface area (Å²) in [6.07, 6.45) is 94.5. The van der Waals surface area contributed by atoms with Gasteiger partial charge in [-0.25, -0.2) is 0 Å². The van der Waals surface area contributed by atoms with Crippen molar-refractivity contribution in [1.29, 1.82) is 0 Å². The van der Waals surface area contributed by atoms with Crippen molar-refractivity contribution < 1.29 is 28.6 Å². The van der Waals surface area contributed by atoms with E-state index >= 15 is 0 Å². The van der Waals surface area contributed by atoms with Crippen molar-refractivity contribution in [1.82, 2.24) is 0 Å². The number of unbranched alkanes of at least 4 members (excludes halogenated alkanes) is 26. The zero-order valence-electron chi connectivity index (χ0n) is 52.0. The number of rotatable bonds is 59. The van der Waals surface area contributed by atoms with Crippen LogP contribution in [0.4, 0.5) is 0 Å². The summed E-state index contributed by atoms with van der Waals surface area (Å²) in [4.78, 5) is 38.4. The van der Waals surface area contributed by atoms with Gasteiger partial charge in [0.25, 0.3) is 0 Å². The first-order chi connectivity index (χ1) is 39.5. The molecule has 454 valence electrons. The minimum Gasteiger partial charge on any atom is -0.462 e. The number of hydrogen-bond donors (Lipinski definition) is 0. The van der Waals surface area contributed by atoms with Gasteiger partial charge in [-0.05, 0) is 141 Å². The van der Waals surface area contributed by atoms with Gasteiger partial charge < -0.3 is 14.2 Å². The summed E-state index contributed by atoms with van der Waals surface area (Å²) in [7, 11) is 0. The van der Waals surface area contributed by atoms with Crippen LogP contribution in [0.25, 0.3) is 0 Å². The third kappa shape index (κ3) is 64.4. The van der Waals surface area contributed by atoms with Gasteiger partial charge in [0.05, 0.1) is 0 Å². The molecule has 0 heterocycles. The third-order valence-corrected chi connectivity index (χ3v) is 13.9. The average molecular weight is 1110 g/mol. The number of esters is 3. The molecule has 80 heavy (non-hydrogen) atoms. The zero-order chi connectivity index (χ0) is 57.8. The van der Waals surface area contributed by atoms with Gasteiger partial charge in [0, 0.05) is 19.3 Å². The highest BCUT2D eigenvalue weighted by atomic mass is 16.6. The van der Waals surface area contributed by atoms with Crippen molar-refractivity contribution in [3.63, 3.8) is 0 Å². The van der Waals surface area contributed by atoms with Crippen LogP contribution < -0.4 is 0 Å². The van der Waals surface area contributed by atoms with E-state index in [-0.39, 0.29) is 31.1 Å². The van der Waals surface area contributed by atoms with Gasteiger partial charge in [0.15, 0.2) is 6.10 Å². The Balaban J connectivity index is 4.43. The highest BCUT2D eigenvalue weighted by Crippen LogP contribution is 2.15. The van der Waals surface area contributed by atoms with Gasteiger partial charge in [-0.3, -0.25) is 14.4 Å². The van der Waals surface area contributed by atoms with Crippen molar-refractivity contribution in [2.24, 2.45) is 0 Å². The maximum atomic E-state index is 12.9. The van der Waals surface area contributed by atoms with Gasteiger partial charge in [0.2, 0.25) is 0 Å². The van der Waals surface area contributed by atoms with Gasteiger partial charge in [0.1, 0.15) is 13.2 Å². The molecule has 0 saturated carbocycles. The van der Waals surface area contributed by atoms with Crippen LogP contribution in [0, 0.1) is 0 Å². The monoisotopic (exact) mass is 1110 g/mol. The maximum Gasteiger partial charge on any atom is 0.306 e. The fraction of sp³-hybridized carbons (Fsp3) is 0.662. The van der Waals surface area contributed by atoms with E-state index in [1.807, 2.05) is 0 Å². The molecule has 6 heteroatoms. The van der Waals surface area contributed by atoms with E-state index in [0.29, 0.717) is 19.3 Å². The van der Waals surface area contributed by atoms with Crippen LogP contribution in [-0.4, -0.2) is 37.2 Å². The molecule has 0 aliphatic heterocycles. The minimum atomic E-state index is -0.802. The SMILES string of the molecule is CC/C=C\C/C=C\C/C=C\C/C=C\C/C=C\C/C=C\C/C=C\C/C=C\CCCCCCC(=O)OCC(COC(=O)CCCCCCC/C=C\CCCCCCCCC)OC(=O)CCCCCCCCC/C=C\C/C=C\CCCCC. The first-order valence-corrected chi connectivity index (χ1v) is 33.2. The standard InChI is InChI=1S/C74H122O6/c1-4-7-10-13-16-19-22-25-28-31-32-33-34-35-36-37-38-39-40-41-42-44-46-49-52-55-58-61-64-67-73(76)79-70-71(69-78-72(75)66-63-60-57-54-51-48-45-30-27-24-21-18-15-12-9-6-3)80-74(77)68-65-62-59-56-53-50-47-43-29-26-23-20-17-14-11-8-5-2/h7,10,16-17,19-20,25-26,28-30,32-33,35-36,38-39,41-42,45-46,49,71H,4-6,8-9,11-15,18,21-24,27,31,34,37,40,43-44,47-48,50-70H2,1-3H3/b10-7-,19-16-,20-17-,28-25-,29-26-,33-32-,36-35-,39-38-,42-41-,45-30-,49-46-. The molecule has 0 aromatic rings. The summed E-state index contributed by atoms with van der Waals surface area (Å²) in [5.41, 5.74) is 0. The summed E-state index contributed by atoms with van der Waals surface area (Å²) >= 11 is 0. The number of allylic oxidation sites excluding steroid dienone is 22. The zero-order valence-corrected chi connectivity index (χ0v) is 52.0. The Labute approximate surface area is 494 Å². The molecule has 0 aromatic heterocycles. The Morgan fingerprint density at radius 1 is 0.263 bits per heavy atom. The molecule has 0 bridgehead atoms. The van der Waals surface area contributed by atoms with Crippen LogP contribution in [0.1, 0.15) is 297 Å². The van der Waals surface area contributed by atoms with Crippen LogP contribution in [0.15, 0.2) is 134 Å². The number of carbonyl (C=O) groups is 3. The minimum absolute atomic E-state index is 0.0965. The molecule has 6 nitrogen and oxygen atoms in total. The molecule has 0 saturated heterocycles. The lowest BCUT2D eigenvalue weighted by molar-refractivity contribution is -0.167. The smallest absolute Gasteiger partial charge is 0.306 e. The third-order valence-electron chi connectivity index (χ3n) is 13.9. The first kappa shape index (κ1) is 75.5. The summed E-state index contributed by atoms with van der Waals surface area (Å²) in [6.45, 7) is 6.48. The van der Waals surface area contributed by atoms with E-state index < -0.39 is 6.10 Å². The lowest BCUT2D eigenvalue weighted by Gasteiger charge is -2.18. The Bertz CT molecular complexity index is 1700. The molecule has 0 amide bonds. The van der Waals surface area contributed by atoms with Crippen molar-refractivity contribution in [2.75, 3.05) is 13.2 Å². The van der Waals surface area contributed by atoms with E-state index in [1.54, 1.807) is 0 Å². The summed E-state index contributed by atoms with van der Waals surface area (Å²) < 4.78 is 16.9. The molecule has 1 atom stereocenters. The summed E-state index contributed by atoms with van der Waals surface area (Å²) in [5.74, 6) is -0.934. The van der Waals surface area contributed by atoms with Crippen molar-refractivity contribution >= 4 is 17.9 Å². The summed E-state index contributed by atoms with van der Waals surface area (Å²) in [5, 5.41) is 0. The first-order valence-electron chi connectivity index (χ1n) is 33.2. The van der Waals surface area contributed by atoms with E-state index in [4.69, 9.17) is 14.2 Å². The van der Waals surface area contributed by atoms with Gasteiger partial charge in [-0.15, -0.1) is 0 Å². The molecule has 0 aliphatic rings. The topological polar surface area (TPSA) is 78.9 Å². The molecule has 0 aliphatic carbocycles. The number of carbonyl (C=O) groups excluding carboxylic acids is 3. The van der Waals surface area contributed by atoms with Gasteiger partial charge in [-0.2, -0.15) is 0 Å². The second-order valence-corrected chi connectivity index (χ2v) is 21.6. The molecule has 0 fully saturated rings. The van der Waals surface area contributed by atoms with Crippen LogP contribution in [0.5, 0.6) is 0 Å². The highest BCUT2D eigenvalue weighted by molar-refractivity contribution is 5.71. The molecule has 0 spiro atoms.